The SMILES string of the molecule is C[CH2][GeH]([CH2]C)[CH2]Cl. The molecule has 7 heavy (non-hydrogen) atoms. The molecular formula is C5H13ClGe. The molecule has 44 valence electrons. The molecule has 0 heterocycles. The summed E-state index contributed by atoms with van der Waals surface area (Å²) in [5.41, 5.74) is 0. The van der Waals surface area contributed by atoms with Crippen LogP contribution in [0.25, 0.3) is 0 Å². The van der Waals surface area contributed by atoms with Crippen molar-refractivity contribution in [3.63, 3.8) is 0 Å². The van der Waals surface area contributed by atoms with Crippen LogP contribution in [-0.4, -0.2) is 19.1 Å². The monoisotopic (exact) mass is 182 g/mol. The van der Waals surface area contributed by atoms with Crippen LogP contribution in [0.2, 0.25) is 10.5 Å². The molecular weight excluding hydrogens is 168 g/mol. The summed E-state index contributed by atoms with van der Waals surface area (Å²) in [4.78, 5) is 0. The second kappa shape index (κ2) is 4.98. The maximum absolute atomic E-state index is 5.65. The Bertz CT molecular complexity index is 29.6. The normalized spacial score (nSPS) is 10.3. The van der Waals surface area contributed by atoms with Crippen LogP contribution < -0.4 is 0 Å². The van der Waals surface area contributed by atoms with Gasteiger partial charge < -0.3 is 0 Å². The van der Waals surface area contributed by atoms with E-state index in [0.717, 1.165) is 4.71 Å². The van der Waals surface area contributed by atoms with E-state index in [1.54, 1.807) is 0 Å². The maximum atomic E-state index is 5.65. The Hall–Kier alpha value is 0.833. The zero-order valence-electron chi connectivity index (χ0n) is 5.08. The first kappa shape index (κ1) is 7.83. The summed E-state index contributed by atoms with van der Waals surface area (Å²) >= 11 is 4.84. The van der Waals surface area contributed by atoms with Crippen molar-refractivity contribution in [2.75, 3.05) is 4.71 Å². The van der Waals surface area contributed by atoms with Crippen molar-refractivity contribution < 1.29 is 0 Å². The van der Waals surface area contributed by atoms with Crippen LogP contribution in [0.5, 0.6) is 0 Å². The Balaban J connectivity index is 2.99. The number of hydrogen-bond donors (Lipinski definition) is 0. The fraction of sp³-hybridized carbons (Fsp3) is 1.00. The van der Waals surface area contributed by atoms with Crippen LogP contribution in [0.4, 0.5) is 0 Å². The van der Waals surface area contributed by atoms with E-state index in [9.17, 15) is 0 Å². The zero-order valence-corrected chi connectivity index (χ0v) is 8.26. The summed E-state index contributed by atoms with van der Waals surface area (Å²) in [6, 6.07) is 0. The van der Waals surface area contributed by atoms with Gasteiger partial charge in [-0.2, -0.15) is 0 Å². The van der Waals surface area contributed by atoms with Gasteiger partial charge in [0.25, 0.3) is 0 Å². The van der Waals surface area contributed by atoms with Gasteiger partial charge >= 0.3 is 55.0 Å². The molecule has 0 aliphatic heterocycles. The molecule has 0 unspecified atom stereocenters. The first-order valence-corrected chi connectivity index (χ1v) is 8.58. The van der Waals surface area contributed by atoms with Crippen LogP contribution in [0.1, 0.15) is 13.8 Å². The van der Waals surface area contributed by atoms with Crippen LogP contribution >= 0.6 is 11.6 Å². The minimum absolute atomic E-state index is 0.811. The van der Waals surface area contributed by atoms with Gasteiger partial charge in [-0.05, 0) is 0 Å². The Morgan fingerprint density at radius 1 is 1.29 bits per heavy atom. The molecule has 0 bridgehead atoms. The number of hydrogen-bond acceptors (Lipinski definition) is 0. The Labute approximate surface area is 55.4 Å². The Morgan fingerprint density at radius 3 is 1.71 bits per heavy atom. The molecule has 0 saturated heterocycles. The van der Waals surface area contributed by atoms with Gasteiger partial charge in [-0.1, -0.05) is 0 Å². The van der Waals surface area contributed by atoms with Gasteiger partial charge in [-0.15, -0.1) is 0 Å². The molecule has 0 N–H and O–H groups in total. The van der Waals surface area contributed by atoms with Crippen LogP contribution in [0, 0.1) is 0 Å². The third kappa shape index (κ3) is 3.42. The molecule has 0 aromatic carbocycles. The van der Waals surface area contributed by atoms with Crippen LogP contribution in [-0.2, 0) is 0 Å². The molecule has 2 heteroatoms. The van der Waals surface area contributed by atoms with Crippen LogP contribution in [0.3, 0.4) is 0 Å². The molecule has 0 saturated carbocycles. The van der Waals surface area contributed by atoms with Crippen molar-refractivity contribution in [1.82, 2.24) is 0 Å². The molecule has 0 aliphatic rings. The number of rotatable bonds is 3. The predicted octanol–water partition coefficient (Wildman–Crippen LogP) is 2.03. The van der Waals surface area contributed by atoms with E-state index in [1.807, 2.05) is 0 Å². The van der Waals surface area contributed by atoms with Gasteiger partial charge in [-0.25, -0.2) is 0 Å². The zero-order chi connectivity index (χ0) is 5.70. The summed E-state index contributed by atoms with van der Waals surface area (Å²) in [7, 11) is 0. The first-order chi connectivity index (χ1) is 3.35. The van der Waals surface area contributed by atoms with Crippen molar-refractivity contribution in [2.24, 2.45) is 0 Å². The average molecular weight is 181 g/mol. The first-order valence-electron chi connectivity index (χ1n) is 2.91. The summed E-state index contributed by atoms with van der Waals surface area (Å²) in [6.07, 6.45) is 0. The Kier molecular flexibility index (Phi) is 5.57. The fourth-order valence-corrected chi connectivity index (χ4v) is 4.90. The minimum atomic E-state index is -0.811. The average Bonchev–Trinajstić information content (AvgIpc) is 1.72. The molecule has 0 aromatic rings. The van der Waals surface area contributed by atoms with Gasteiger partial charge in [0.2, 0.25) is 0 Å². The summed E-state index contributed by atoms with van der Waals surface area (Å²) < 4.78 is 1.01. The van der Waals surface area contributed by atoms with Crippen molar-refractivity contribution in [1.29, 1.82) is 0 Å². The van der Waals surface area contributed by atoms with Gasteiger partial charge in [0.05, 0.1) is 0 Å². The van der Waals surface area contributed by atoms with E-state index >= 15 is 0 Å². The number of alkyl halides is 1. The van der Waals surface area contributed by atoms with Crippen molar-refractivity contribution in [2.45, 2.75) is 24.4 Å². The topological polar surface area (TPSA) is 0 Å². The molecule has 0 rings (SSSR count). The van der Waals surface area contributed by atoms with E-state index in [4.69, 9.17) is 11.6 Å². The molecule has 0 fully saturated rings. The molecule has 0 atom stereocenters. The van der Waals surface area contributed by atoms with Gasteiger partial charge in [0, 0.05) is 0 Å². The summed E-state index contributed by atoms with van der Waals surface area (Å²) in [5.74, 6) is 0. The standard InChI is InChI=1S/C5H13ClGe/c1-3-7(4-2)5-6/h7H,3-5H2,1-2H3. The van der Waals surface area contributed by atoms with Gasteiger partial charge in [0.1, 0.15) is 0 Å². The number of halogens is 1. The molecule has 0 radical (unpaired) electrons. The van der Waals surface area contributed by atoms with Crippen molar-refractivity contribution >= 4 is 25.9 Å². The Morgan fingerprint density at radius 2 is 1.71 bits per heavy atom. The summed E-state index contributed by atoms with van der Waals surface area (Å²) in [5, 5.41) is 2.82. The third-order valence-corrected chi connectivity index (χ3v) is 9.40. The molecule has 0 amide bonds. The van der Waals surface area contributed by atoms with Gasteiger partial charge in [0.15, 0.2) is 0 Å². The van der Waals surface area contributed by atoms with E-state index < -0.39 is 14.3 Å². The molecule has 0 nitrogen and oxygen atoms in total. The van der Waals surface area contributed by atoms with E-state index in [-0.39, 0.29) is 0 Å². The van der Waals surface area contributed by atoms with E-state index in [1.165, 1.54) is 10.5 Å². The van der Waals surface area contributed by atoms with Crippen LogP contribution in [0.15, 0.2) is 0 Å². The van der Waals surface area contributed by atoms with Crippen molar-refractivity contribution in [3.8, 4) is 0 Å². The van der Waals surface area contributed by atoms with E-state index in [0.29, 0.717) is 0 Å². The second-order valence-corrected chi connectivity index (χ2v) is 11.1. The summed E-state index contributed by atoms with van der Waals surface area (Å²) in [6.45, 7) is 4.52. The molecule has 0 aliphatic carbocycles. The third-order valence-electron chi connectivity index (χ3n) is 1.37. The molecule has 0 aromatic heterocycles. The predicted molar refractivity (Wildman–Crippen MR) is 38.8 cm³/mol. The second-order valence-electron chi connectivity index (χ2n) is 1.84. The van der Waals surface area contributed by atoms with Crippen molar-refractivity contribution in [3.05, 3.63) is 0 Å². The van der Waals surface area contributed by atoms with E-state index in [2.05, 4.69) is 13.8 Å². The fourth-order valence-electron chi connectivity index (χ4n) is 0.507. The quantitative estimate of drug-likeness (QED) is 0.461. The van der Waals surface area contributed by atoms with Gasteiger partial charge in [-0.3, -0.25) is 0 Å². The molecule has 0 spiro atoms.